The van der Waals surface area contributed by atoms with Gasteiger partial charge in [-0.25, -0.2) is 19.9 Å². The van der Waals surface area contributed by atoms with Gasteiger partial charge in [-0.05, 0) is 24.3 Å². The number of alkyl halides is 6. The first-order valence-electron chi connectivity index (χ1n) is 12.1. The summed E-state index contributed by atoms with van der Waals surface area (Å²) in [4.78, 5) is 25.9. The number of fused-ring (bicyclic) bond motifs is 8. The standard InChI is InChI=1S/C28H10F6N8/c29-27(30,31)11-1-3-13-15(5-11)21(37-9-35)25-23(13)39-17-7-20-18(8-19(17)41-25)40-24-14-4-2-12(28(32,33)34)6-16(14)22(38-10-36)26(24)42-20/h1-8,13,15H. The molecule has 2 atom stereocenters. The molecule has 204 valence electrons. The van der Waals surface area contributed by atoms with Gasteiger partial charge in [0, 0.05) is 23.0 Å². The van der Waals surface area contributed by atoms with E-state index >= 15 is 0 Å². The van der Waals surface area contributed by atoms with Gasteiger partial charge in [0.15, 0.2) is 0 Å². The fraction of sp³-hybridized carbons (Fsp3) is 0.143. The first kappa shape index (κ1) is 25.5. The second-order valence-corrected chi connectivity index (χ2v) is 9.65. The molecule has 0 spiro atoms. The Morgan fingerprint density at radius 1 is 0.690 bits per heavy atom. The fourth-order valence-electron chi connectivity index (χ4n) is 5.53. The van der Waals surface area contributed by atoms with Crippen molar-refractivity contribution in [1.82, 2.24) is 19.9 Å². The molecule has 2 aromatic carbocycles. The largest absolute Gasteiger partial charge is 0.416 e. The highest BCUT2D eigenvalue weighted by molar-refractivity contribution is 6.24. The number of nitriles is 2. The van der Waals surface area contributed by atoms with E-state index in [1.165, 1.54) is 24.3 Å². The maximum absolute atomic E-state index is 13.4. The lowest BCUT2D eigenvalue weighted by atomic mass is 9.86. The number of hydrogen-bond acceptors (Lipinski definition) is 8. The second kappa shape index (κ2) is 8.50. The van der Waals surface area contributed by atoms with Crippen LogP contribution in [-0.4, -0.2) is 37.5 Å². The van der Waals surface area contributed by atoms with E-state index < -0.39 is 35.3 Å². The van der Waals surface area contributed by atoms with E-state index in [-0.39, 0.29) is 39.6 Å². The second-order valence-electron chi connectivity index (χ2n) is 9.65. The average Bonchev–Trinajstić information content (AvgIpc) is 3.40. The molecule has 0 amide bonds. The van der Waals surface area contributed by atoms with E-state index in [0.29, 0.717) is 27.8 Å². The number of aromatic nitrogens is 4. The average molecular weight is 572 g/mol. The molecule has 0 radical (unpaired) electrons. The summed E-state index contributed by atoms with van der Waals surface area (Å²) in [7, 11) is 0. The van der Waals surface area contributed by atoms with Crippen molar-refractivity contribution in [3.05, 3.63) is 82.3 Å². The van der Waals surface area contributed by atoms with Crippen LogP contribution < -0.4 is 0 Å². The zero-order valence-corrected chi connectivity index (χ0v) is 20.6. The van der Waals surface area contributed by atoms with Crippen molar-refractivity contribution in [1.29, 1.82) is 10.5 Å². The molecule has 8 nitrogen and oxygen atoms in total. The van der Waals surface area contributed by atoms with Crippen LogP contribution in [0.1, 0.15) is 34.1 Å². The fourth-order valence-corrected chi connectivity index (χ4v) is 5.53. The lowest BCUT2D eigenvalue weighted by molar-refractivity contribution is -0.137. The highest BCUT2D eigenvalue weighted by Gasteiger charge is 2.44. The Kier molecular flexibility index (Phi) is 5.15. The Bertz CT molecular complexity index is 2110. The maximum atomic E-state index is 13.4. The molecule has 2 heterocycles. The molecule has 2 unspecified atom stereocenters. The van der Waals surface area contributed by atoms with Crippen molar-refractivity contribution >= 4 is 33.5 Å². The summed E-state index contributed by atoms with van der Waals surface area (Å²) in [6.07, 6.45) is -2.63. The smallest absolute Gasteiger partial charge is 0.248 e. The molecule has 0 bridgehead atoms. The number of rotatable bonds is 0. The minimum absolute atomic E-state index is 0.0528. The number of aliphatic imine (C=N–C) groups is 2. The van der Waals surface area contributed by atoms with Crippen LogP contribution in [0.15, 0.2) is 64.1 Å². The van der Waals surface area contributed by atoms with Crippen LogP contribution in [-0.2, 0) is 6.18 Å². The molecule has 42 heavy (non-hydrogen) atoms. The Balaban J connectivity index is 1.41. The molecule has 0 saturated heterocycles. The summed E-state index contributed by atoms with van der Waals surface area (Å²) in [5.74, 6) is -1.53. The third-order valence-electron chi connectivity index (χ3n) is 7.32. The quantitative estimate of drug-likeness (QED) is 0.129. The van der Waals surface area contributed by atoms with Crippen LogP contribution in [0.25, 0.3) is 33.3 Å². The minimum atomic E-state index is -4.62. The summed E-state index contributed by atoms with van der Waals surface area (Å²) in [6, 6.07) is 6.12. The van der Waals surface area contributed by atoms with Crippen molar-refractivity contribution in [3.8, 4) is 23.6 Å². The molecule has 0 fully saturated rings. The van der Waals surface area contributed by atoms with Crippen molar-refractivity contribution in [3.63, 3.8) is 0 Å². The molecule has 0 aliphatic heterocycles. The molecule has 3 aliphatic rings. The highest BCUT2D eigenvalue weighted by Crippen LogP contribution is 2.45. The van der Waals surface area contributed by atoms with Gasteiger partial charge < -0.3 is 0 Å². The van der Waals surface area contributed by atoms with Crippen LogP contribution >= 0.6 is 0 Å². The minimum Gasteiger partial charge on any atom is -0.248 e. The molecule has 3 aliphatic carbocycles. The Morgan fingerprint density at radius 2 is 1.33 bits per heavy atom. The van der Waals surface area contributed by atoms with E-state index in [2.05, 4.69) is 29.9 Å². The molecule has 7 rings (SSSR count). The van der Waals surface area contributed by atoms with Crippen LogP contribution in [0.5, 0.6) is 0 Å². The van der Waals surface area contributed by atoms with Crippen LogP contribution in [0.2, 0.25) is 0 Å². The monoisotopic (exact) mass is 572 g/mol. The van der Waals surface area contributed by atoms with Crippen LogP contribution in [0.3, 0.4) is 0 Å². The molecular formula is C28H10F6N8. The number of benzene rings is 2. The number of hydrogen-bond donors (Lipinski definition) is 0. The van der Waals surface area contributed by atoms with Crippen molar-refractivity contribution < 1.29 is 26.3 Å². The van der Waals surface area contributed by atoms with Gasteiger partial charge in [0.1, 0.15) is 17.1 Å². The summed E-state index contributed by atoms with van der Waals surface area (Å²) in [5, 5.41) is 18.5. The van der Waals surface area contributed by atoms with E-state index in [1.807, 2.05) is 0 Å². The zero-order chi connectivity index (χ0) is 29.6. The SMILES string of the molecule is N#CN=C1c2cc(C(F)(F)F)ccc2-c2nc3cc4nc5c(nc4cc3nc21)C1C=CC(C(F)(F)F)=CC1C5=NC#N. The zero-order valence-electron chi connectivity index (χ0n) is 20.6. The van der Waals surface area contributed by atoms with Gasteiger partial charge in [-0.3, -0.25) is 0 Å². The van der Waals surface area contributed by atoms with Gasteiger partial charge in [-0.1, -0.05) is 24.3 Å². The van der Waals surface area contributed by atoms with Gasteiger partial charge in [0.2, 0.25) is 12.4 Å². The van der Waals surface area contributed by atoms with Crippen molar-refractivity contribution in [2.75, 3.05) is 0 Å². The Hall–Kier alpha value is -5.50. The van der Waals surface area contributed by atoms with Crippen molar-refractivity contribution in [2.24, 2.45) is 15.9 Å². The van der Waals surface area contributed by atoms with E-state index in [0.717, 1.165) is 24.3 Å². The van der Waals surface area contributed by atoms with Crippen LogP contribution in [0, 0.1) is 28.8 Å². The normalized spacial score (nSPS) is 20.7. The number of allylic oxidation sites excluding steroid dienone is 4. The maximum Gasteiger partial charge on any atom is 0.416 e. The molecule has 14 heteroatoms. The lowest BCUT2D eigenvalue weighted by Crippen LogP contribution is -2.20. The lowest BCUT2D eigenvalue weighted by Gasteiger charge is -2.20. The summed E-state index contributed by atoms with van der Waals surface area (Å²) >= 11 is 0. The van der Waals surface area contributed by atoms with Gasteiger partial charge in [0.05, 0.1) is 50.3 Å². The molecule has 4 aromatic rings. The van der Waals surface area contributed by atoms with Gasteiger partial charge >= 0.3 is 12.4 Å². The van der Waals surface area contributed by atoms with E-state index in [1.54, 1.807) is 12.4 Å². The summed E-state index contributed by atoms with van der Waals surface area (Å²) in [5.41, 5.74) is 0.663. The number of nitrogens with zero attached hydrogens (tertiary/aromatic N) is 8. The third-order valence-corrected chi connectivity index (χ3v) is 7.32. The first-order chi connectivity index (χ1) is 20.0. The predicted octanol–water partition coefficient (Wildman–Crippen LogP) is 5.93. The summed E-state index contributed by atoms with van der Waals surface area (Å²) < 4.78 is 80.5. The van der Waals surface area contributed by atoms with Crippen molar-refractivity contribution in [2.45, 2.75) is 18.3 Å². The van der Waals surface area contributed by atoms with Gasteiger partial charge in [-0.2, -0.15) is 46.9 Å². The summed E-state index contributed by atoms with van der Waals surface area (Å²) in [6.45, 7) is 0. The molecule has 2 aromatic heterocycles. The molecule has 0 saturated carbocycles. The van der Waals surface area contributed by atoms with E-state index in [9.17, 15) is 36.9 Å². The number of halogens is 6. The van der Waals surface area contributed by atoms with Crippen LogP contribution in [0.4, 0.5) is 26.3 Å². The molecule has 0 N–H and O–H groups in total. The predicted molar refractivity (Wildman–Crippen MR) is 136 cm³/mol. The third kappa shape index (κ3) is 3.69. The van der Waals surface area contributed by atoms with Gasteiger partial charge in [-0.15, -0.1) is 0 Å². The Labute approximate surface area is 230 Å². The highest BCUT2D eigenvalue weighted by atomic mass is 19.4. The first-order valence-corrected chi connectivity index (χ1v) is 12.1. The Morgan fingerprint density at radius 3 is 1.98 bits per heavy atom. The van der Waals surface area contributed by atoms with Gasteiger partial charge in [0.25, 0.3) is 0 Å². The van der Waals surface area contributed by atoms with E-state index in [4.69, 9.17) is 0 Å². The molecular weight excluding hydrogens is 562 g/mol. The topological polar surface area (TPSA) is 124 Å².